The molecule has 1 atom stereocenters. The second-order valence-electron chi connectivity index (χ2n) is 3.07. The maximum atomic E-state index is 11.2. The number of likely N-dealkylation sites (N-methyl/N-ethyl adjacent to an activating group) is 1. The molecule has 0 heterocycles. The van der Waals surface area contributed by atoms with Gasteiger partial charge in [0.05, 0.1) is 6.54 Å². The van der Waals surface area contributed by atoms with Crippen molar-refractivity contribution in [3.63, 3.8) is 0 Å². The summed E-state index contributed by atoms with van der Waals surface area (Å²) in [7, 11) is 1.50. The zero-order chi connectivity index (χ0) is 11.3. The molecule has 0 aromatic carbocycles. The zero-order valence-electron chi connectivity index (χ0n) is 8.53. The Labute approximate surface area is 82.4 Å². The fourth-order valence-electron chi connectivity index (χ4n) is 0.685. The van der Waals surface area contributed by atoms with E-state index < -0.39 is 17.9 Å². The first-order chi connectivity index (χ1) is 6.34. The van der Waals surface area contributed by atoms with E-state index in [1.807, 2.05) is 0 Å². The Morgan fingerprint density at radius 2 is 1.93 bits per heavy atom. The molecule has 0 fully saturated rings. The molecule has 0 radical (unpaired) electrons. The van der Waals surface area contributed by atoms with E-state index in [0.717, 1.165) is 0 Å². The van der Waals surface area contributed by atoms with E-state index in [2.05, 4.69) is 5.32 Å². The van der Waals surface area contributed by atoms with E-state index in [9.17, 15) is 14.4 Å². The van der Waals surface area contributed by atoms with Crippen LogP contribution in [0.5, 0.6) is 0 Å². The molecule has 0 aromatic rings. The molecule has 0 rings (SSSR count). The van der Waals surface area contributed by atoms with E-state index in [4.69, 9.17) is 5.73 Å². The summed E-state index contributed by atoms with van der Waals surface area (Å²) in [4.78, 5) is 33.7. The predicted molar refractivity (Wildman–Crippen MR) is 50.1 cm³/mol. The molecule has 6 heteroatoms. The molecule has 0 saturated heterocycles. The molecule has 0 aliphatic heterocycles. The number of rotatable bonds is 4. The summed E-state index contributed by atoms with van der Waals surface area (Å²) in [5, 5.41) is 2.36. The first-order valence-corrected chi connectivity index (χ1v) is 4.15. The Kier molecular flexibility index (Phi) is 4.62. The third kappa shape index (κ3) is 4.44. The van der Waals surface area contributed by atoms with Gasteiger partial charge in [0, 0.05) is 14.0 Å². The molecule has 6 nitrogen and oxygen atoms in total. The van der Waals surface area contributed by atoms with Gasteiger partial charge < -0.3 is 16.0 Å². The lowest BCUT2D eigenvalue weighted by Crippen LogP contribution is -2.46. The number of carbonyl (C=O) groups is 3. The SMILES string of the molecule is CC(=O)N(C)CC(=O)N[C@@H](C)C(N)=O. The van der Waals surface area contributed by atoms with Crippen LogP contribution in [0.4, 0.5) is 0 Å². The van der Waals surface area contributed by atoms with Crippen LogP contribution in [-0.4, -0.2) is 42.3 Å². The van der Waals surface area contributed by atoms with E-state index in [1.165, 1.54) is 25.8 Å². The average molecular weight is 201 g/mol. The third-order valence-corrected chi connectivity index (χ3v) is 1.72. The van der Waals surface area contributed by atoms with Gasteiger partial charge >= 0.3 is 0 Å². The molecule has 80 valence electrons. The normalized spacial score (nSPS) is 11.6. The lowest BCUT2D eigenvalue weighted by Gasteiger charge is -2.16. The number of hydrogen-bond donors (Lipinski definition) is 2. The van der Waals surface area contributed by atoms with E-state index >= 15 is 0 Å². The fraction of sp³-hybridized carbons (Fsp3) is 0.625. The summed E-state index contributed by atoms with van der Waals surface area (Å²) in [6.45, 7) is 2.76. The summed E-state index contributed by atoms with van der Waals surface area (Å²) in [5.41, 5.74) is 4.94. The monoisotopic (exact) mass is 201 g/mol. The molecule has 0 saturated carbocycles. The molecule has 0 aliphatic carbocycles. The van der Waals surface area contributed by atoms with Crippen molar-refractivity contribution in [1.82, 2.24) is 10.2 Å². The summed E-state index contributed by atoms with van der Waals surface area (Å²) in [6, 6.07) is -0.720. The lowest BCUT2D eigenvalue weighted by molar-refractivity contribution is -0.134. The van der Waals surface area contributed by atoms with Gasteiger partial charge in [-0.15, -0.1) is 0 Å². The molecule has 0 aliphatic rings. The van der Waals surface area contributed by atoms with E-state index in [0.29, 0.717) is 0 Å². The van der Waals surface area contributed by atoms with Gasteiger partial charge in [-0.2, -0.15) is 0 Å². The van der Waals surface area contributed by atoms with Crippen molar-refractivity contribution in [1.29, 1.82) is 0 Å². The second kappa shape index (κ2) is 5.21. The Morgan fingerprint density at radius 1 is 1.43 bits per heavy atom. The number of primary amides is 1. The van der Waals surface area contributed by atoms with Gasteiger partial charge in [0.2, 0.25) is 17.7 Å². The van der Waals surface area contributed by atoms with Crippen LogP contribution < -0.4 is 11.1 Å². The average Bonchev–Trinajstić information content (AvgIpc) is 2.03. The van der Waals surface area contributed by atoms with Crippen molar-refractivity contribution in [2.75, 3.05) is 13.6 Å². The maximum absolute atomic E-state index is 11.2. The molecule has 3 amide bonds. The molecular weight excluding hydrogens is 186 g/mol. The van der Waals surface area contributed by atoms with Crippen LogP contribution in [0.15, 0.2) is 0 Å². The minimum Gasteiger partial charge on any atom is -0.368 e. The van der Waals surface area contributed by atoms with Crippen molar-refractivity contribution < 1.29 is 14.4 Å². The van der Waals surface area contributed by atoms with Crippen molar-refractivity contribution in [3.8, 4) is 0 Å². The Hall–Kier alpha value is -1.59. The Bertz CT molecular complexity index is 228. The Morgan fingerprint density at radius 3 is 2.29 bits per heavy atom. The van der Waals surface area contributed by atoms with Crippen LogP contribution in [0.25, 0.3) is 0 Å². The van der Waals surface area contributed by atoms with E-state index in [-0.39, 0.29) is 12.5 Å². The largest absolute Gasteiger partial charge is 0.368 e. The fourth-order valence-corrected chi connectivity index (χ4v) is 0.685. The van der Waals surface area contributed by atoms with Gasteiger partial charge in [0.1, 0.15) is 6.04 Å². The highest BCUT2D eigenvalue weighted by atomic mass is 16.2. The highest BCUT2D eigenvalue weighted by Gasteiger charge is 2.14. The van der Waals surface area contributed by atoms with Crippen molar-refractivity contribution in [3.05, 3.63) is 0 Å². The first-order valence-electron chi connectivity index (χ1n) is 4.15. The molecular formula is C8H15N3O3. The lowest BCUT2D eigenvalue weighted by atomic mass is 10.3. The maximum Gasteiger partial charge on any atom is 0.240 e. The minimum absolute atomic E-state index is 0.0764. The van der Waals surface area contributed by atoms with Crippen molar-refractivity contribution in [2.45, 2.75) is 19.9 Å². The number of nitrogens with zero attached hydrogens (tertiary/aromatic N) is 1. The zero-order valence-corrected chi connectivity index (χ0v) is 8.53. The van der Waals surface area contributed by atoms with Crippen molar-refractivity contribution >= 4 is 17.7 Å². The van der Waals surface area contributed by atoms with E-state index in [1.54, 1.807) is 0 Å². The number of hydrogen-bond acceptors (Lipinski definition) is 3. The van der Waals surface area contributed by atoms with Gasteiger partial charge in [-0.3, -0.25) is 14.4 Å². The van der Waals surface area contributed by atoms with Gasteiger partial charge in [0.15, 0.2) is 0 Å². The summed E-state index contributed by atoms with van der Waals surface area (Å²) >= 11 is 0. The quantitative estimate of drug-likeness (QED) is 0.577. The number of carbonyl (C=O) groups excluding carboxylic acids is 3. The predicted octanol–water partition coefficient (Wildman–Crippen LogP) is -1.55. The Balaban J connectivity index is 3.99. The molecule has 14 heavy (non-hydrogen) atoms. The van der Waals surface area contributed by atoms with Crippen LogP contribution in [-0.2, 0) is 14.4 Å². The van der Waals surface area contributed by atoms with Gasteiger partial charge in [0.25, 0.3) is 0 Å². The van der Waals surface area contributed by atoms with Gasteiger partial charge in [-0.1, -0.05) is 0 Å². The molecule has 0 unspecified atom stereocenters. The smallest absolute Gasteiger partial charge is 0.240 e. The minimum atomic E-state index is -0.720. The van der Waals surface area contributed by atoms with Crippen LogP contribution in [0.3, 0.4) is 0 Å². The van der Waals surface area contributed by atoms with Crippen LogP contribution in [0.2, 0.25) is 0 Å². The van der Waals surface area contributed by atoms with Crippen LogP contribution >= 0.6 is 0 Å². The second-order valence-corrected chi connectivity index (χ2v) is 3.07. The summed E-state index contributed by atoms with van der Waals surface area (Å²) in [6.07, 6.45) is 0. The standard InChI is InChI=1S/C8H15N3O3/c1-5(8(9)14)10-7(13)4-11(3)6(2)12/h5H,4H2,1-3H3,(H2,9,14)(H,10,13)/t5-/m0/s1. The van der Waals surface area contributed by atoms with Crippen molar-refractivity contribution in [2.24, 2.45) is 5.73 Å². The van der Waals surface area contributed by atoms with Crippen LogP contribution in [0, 0.1) is 0 Å². The summed E-state index contributed by atoms with van der Waals surface area (Å²) < 4.78 is 0. The number of amides is 3. The molecule has 3 N–H and O–H groups in total. The third-order valence-electron chi connectivity index (χ3n) is 1.72. The molecule has 0 spiro atoms. The van der Waals surface area contributed by atoms with Gasteiger partial charge in [-0.05, 0) is 6.92 Å². The highest BCUT2D eigenvalue weighted by molar-refractivity contribution is 5.88. The molecule has 0 aromatic heterocycles. The highest BCUT2D eigenvalue weighted by Crippen LogP contribution is 1.85. The number of nitrogens with one attached hydrogen (secondary N) is 1. The number of nitrogens with two attached hydrogens (primary N) is 1. The topological polar surface area (TPSA) is 92.5 Å². The molecule has 0 bridgehead atoms. The van der Waals surface area contributed by atoms with Crippen LogP contribution in [0.1, 0.15) is 13.8 Å². The summed E-state index contributed by atoms with van der Waals surface area (Å²) in [5.74, 6) is -1.23. The van der Waals surface area contributed by atoms with Gasteiger partial charge in [-0.25, -0.2) is 0 Å². The first kappa shape index (κ1) is 12.4.